The zero-order valence-corrected chi connectivity index (χ0v) is 17.1. The van der Waals surface area contributed by atoms with Crippen LogP contribution in [0.5, 0.6) is 0 Å². The largest absolute Gasteiger partial charge is 0.389 e. The van der Waals surface area contributed by atoms with Crippen molar-refractivity contribution in [1.82, 2.24) is 4.31 Å². The smallest absolute Gasteiger partial charge is 0.255 e. The molecule has 32 heavy (non-hydrogen) atoms. The number of hydrogen-bond donors (Lipinski definition) is 3. The first-order chi connectivity index (χ1) is 15.0. The molecule has 2 atom stereocenters. The Morgan fingerprint density at radius 2 is 1.69 bits per heavy atom. The maximum Gasteiger partial charge on any atom is 0.255 e. The number of rotatable bonds is 4. The summed E-state index contributed by atoms with van der Waals surface area (Å²) in [5.41, 5.74) is -0.822. The summed E-state index contributed by atoms with van der Waals surface area (Å²) in [5.74, 6) is -7.08. The average Bonchev–Trinajstić information content (AvgIpc) is 2.72. The molecule has 3 rings (SSSR count). The molecule has 1 amide bonds. The number of hydrogen-bond acceptors (Lipinski definition) is 6. The number of carbonyl (C=O) groups is 1. The highest BCUT2D eigenvalue weighted by molar-refractivity contribution is 7.89. The third kappa shape index (κ3) is 5.07. The van der Waals surface area contributed by atoms with Gasteiger partial charge >= 0.3 is 0 Å². The predicted molar refractivity (Wildman–Crippen MR) is 102 cm³/mol. The summed E-state index contributed by atoms with van der Waals surface area (Å²) >= 11 is 0. The number of carbonyl (C=O) groups excluding carboxylic acids is 1. The van der Waals surface area contributed by atoms with E-state index in [-0.39, 0.29) is 25.3 Å². The molecule has 0 aromatic heterocycles. The minimum absolute atomic E-state index is 0.132. The predicted octanol–water partition coefficient (Wildman–Crippen LogP) is 1.24. The molecule has 8 nitrogen and oxygen atoms in total. The summed E-state index contributed by atoms with van der Waals surface area (Å²) < 4.78 is 85.8. The number of nitrogens with one attached hydrogen (secondary N) is 1. The van der Waals surface area contributed by atoms with Crippen LogP contribution in [0.2, 0.25) is 0 Å². The van der Waals surface area contributed by atoms with Crippen molar-refractivity contribution in [2.45, 2.75) is 17.1 Å². The van der Waals surface area contributed by atoms with Crippen LogP contribution in [0.4, 0.5) is 23.2 Å². The molecule has 0 saturated carbocycles. The Morgan fingerprint density at radius 1 is 1.03 bits per heavy atom. The van der Waals surface area contributed by atoms with Crippen LogP contribution in [0.25, 0.3) is 0 Å². The van der Waals surface area contributed by atoms with Gasteiger partial charge in [-0.05, 0) is 18.2 Å². The van der Waals surface area contributed by atoms with Gasteiger partial charge in [0.15, 0.2) is 17.5 Å². The van der Waals surface area contributed by atoms with Crippen LogP contribution in [0, 0.1) is 23.3 Å². The Morgan fingerprint density at radius 3 is 2.34 bits per heavy atom. The van der Waals surface area contributed by atoms with Crippen molar-refractivity contribution in [2.75, 3.05) is 31.6 Å². The standard InChI is InChI=1S/C19H18F4N2O6S/c20-12-2-1-10(19(28)24-11-6-13(21)18(23)14(22)7-11)5-17(12)32(29,30)25-3-4-31-9-16(27)15(26)8-25/h1-2,5-7,15-16,26-27H,3-4,8-9H2,(H,24,28)/t15-,16+/m1/s1. The summed E-state index contributed by atoms with van der Waals surface area (Å²) in [6.07, 6.45) is -2.85. The van der Waals surface area contributed by atoms with Crippen molar-refractivity contribution < 1.29 is 45.7 Å². The minimum atomic E-state index is -4.58. The van der Waals surface area contributed by atoms with E-state index in [4.69, 9.17) is 4.74 Å². The Balaban J connectivity index is 1.89. The van der Waals surface area contributed by atoms with Gasteiger partial charge in [0.1, 0.15) is 16.8 Å². The second kappa shape index (κ2) is 9.50. The van der Waals surface area contributed by atoms with Crippen LogP contribution >= 0.6 is 0 Å². The van der Waals surface area contributed by atoms with Crippen molar-refractivity contribution in [3.63, 3.8) is 0 Å². The van der Waals surface area contributed by atoms with E-state index in [1.807, 2.05) is 0 Å². The number of aliphatic hydroxyl groups is 2. The minimum Gasteiger partial charge on any atom is -0.389 e. The zero-order chi connectivity index (χ0) is 23.6. The number of amides is 1. The van der Waals surface area contributed by atoms with Gasteiger partial charge in [-0.25, -0.2) is 26.0 Å². The van der Waals surface area contributed by atoms with Crippen LogP contribution in [0.3, 0.4) is 0 Å². The fourth-order valence-electron chi connectivity index (χ4n) is 2.93. The van der Waals surface area contributed by atoms with Crippen molar-refractivity contribution in [1.29, 1.82) is 0 Å². The highest BCUT2D eigenvalue weighted by Crippen LogP contribution is 2.24. The second-order valence-corrected chi connectivity index (χ2v) is 8.83. The molecule has 174 valence electrons. The SMILES string of the molecule is O=C(Nc1cc(F)c(F)c(F)c1)c1ccc(F)c(S(=O)(=O)N2CCOC[C@H](O)[C@H](O)C2)c1. The van der Waals surface area contributed by atoms with Crippen LogP contribution in [-0.2, 0) is 14.8 Å². The van der Waals surface area contributed by atoms with Crippen molar-refractivity contribution in [2.24, 2.45) is 0 Å². The van der Waals surface area contributed by atoms with Gasteiger partial charge in [0, 0.05) is 36.5 Å². The Kier molecular flexibility index (Phi) is 7.15. The quantitative estimate of drug-likeness (QED) is 0.450. The number of aliphatic hydroxyl groups excluding tert-OH is 2. The number of anilines is 1. The van der Waals surface area contributed by atoms with Gasteiger partial charge in [-0.1, -0.05) is 0 Å². The van der Waals surface area contributed by atoms with E-state index >= 15 is 0 Å². The summed E-state index contributed by atoms with van der Waals surface area (Å²) in [4.78, 5) is 11.5. The van der Waals surface area contributed by atoms with Gasteiger partial charge in [0.25, 0.3) is 5.91 Å². The van der Waals surface area contributed by atoms with E-state index in [1.54, 1.807) is 0 Å². The molecular formula is C19H18F4N2O6S. The third-order valence-corrected chi connectivity index (χ3v) is 6.54. The number of sulfonamides is 1. The van der Waals surface area contributed by atoms with Crippen LogP contribution in [-0.4, -0.2) is 67.4 Å². The lowest BCUT2D eigenvalue weighted by Crippen LogP contribution is -2.47. The fourth-order valence-corrected chi connectivity index (χ4v) is 4.47. The van der Waals surface area contributed by atoms with Gasteiger partial charge in [0.2, 0.25) is 10.0 Å². The molecule has 1 fully saturated rings. The molecule has 0 radical (unpaired) electrons. The first-order valence-corrected chi connectivity index (χ1v) is 10.6. The highest BCUT2D eigenvalue weighted by Gasteiger charge is 2.33. The van der Waals surface area contributed by atoms with E-state index in [0.717, 1.165) is 6.07 Å². The molecule has 1 aliphatic heterocycles. The average molecular weight is 478 g/mol. The number of ether oxygens (including phenoxy) is 1. The van der Waals surface area contributed by atoms with Crippen LogP contribution in [0.1, 0.15) is 10.4 Å². The fraction of sp³-hybridized carbons (Fsp3) is 0.316. The molecule has 0 aliphatic carbocycles. The highest BCUT2D eigenvalue weighted by atomic mass is 32.2. The van der Waals surface area contributed by atoms with Crippen LogP contribution < -0.4 is 5.32 Å². The van der Waals surface area contributed by atoms with E-state index in [1.165, 1.54) is 0 Å². The summed E-state index contributed by atoms with van der Waals surface area (Å²) in [5, 5.41) is 21.7. The van der Waals surface area contributed by atoms with Crippen molar-refractivity contribution in [3.8, 4) is 0 Å². The van der Waals surface area contributed by atoms with E-state index in [2.05, 4.69) is 5.32 Å². The molecule has 0 unspecified atom stereocenters. The third-order valence-electron chi connectivity index (χ3n) is 4.66. The number of β-amino-alcohol motifs (C(OH)–C–C–N with tert-alkyl or cyclic N) is 1. The van der Waals surface area contributed by atoms with Gasteiger partial charge in [-0.15, -0.1) is 0 Å². The van der Waals surface area contributed by atoms with Crippen LogP contribution in [0.15, 0.2) is 35.2 Å². The molecular weight excluding hydrogens is 460 g/mol. The van der Waals surface area contributed by atoms with E-state index in [0.29, 0.717) is 28.6 Å². The molecule has 2 aromatic carbocycles. The molecule has 1 heterocycles. The van der Waals surface area contributed by atoms with Gasteiger partial charge in [-0.3, -0.25) is 4.79 Å². The molecule has 2 aromatic rings. The lowest BCUT2D eigenvalue weighted by molar-refractivity contribution is -0.0588. The summed E-state index contributed by atoms with van der Waals surface area (Å²) in [6, 6.07) is 3.39. The second-order valence-electron chi connectivity index (χ2n) is 6.93. The van der Waals surface area contributed by atoms with Gasteiger partial charge in [-0.2, -0.15) is 4.31 Å². The molecule has 13 heteroatoms. The normalized spacial score (nSPS) is 20.4. The lowest BCUT2D eigenvalue weighted by atomic mass is 10.2. The first kappa shape index (κ1) is 24.1. The Labute approximate surface area is 180 Å². The van der Waals surface area contributed by atoms with Gasteiger partial charge in [0.05, 0.1) is 19.3 Å². The first-order valence-electron chi connectivity index (χ1n) is 9.20. The summed E-state index contributed by atoms with van der Waals surface area (Å²) in [6.45, 7) is -1.14. The maximum atomic E-state index is 14.4. The lowest BCUT2D eigenvalue weighted by Gasteiger charge is -2.29. The molecule has 0 spiro atoms. The maximum absolute atomic E-state index is 14.4. The Hall–Kier alpha value is -2.58. The van der Waals surface area contributed by atoms with Crippen molar-refractivity contribution >= 4 is 21.6 Å². The monoisotopic (exact) mass is 478 g/mol. The molecule has 1 saturated heterocycles. The zero-order valence-electron chi connectivity index (χ0n) is 16.3. The van der Waals surface area contributed by atoms with E-state index in [9.17, 15) is 41.0 Å². The van der Waals surface area contributed by atoms with E-state index < -0.39 is 68.5 Å². The number of nitrogens with zero attached hydrogens (tertiary/aromatic N) is 1. The van der Waals surface area contributed by atoms with Gasteiger partial charge < -0.3 is 20.3 Å². The molecule has 1 aliphatic rings. The number of benzene rings is 2. The molecule has 3 N–H and O–H groups in total. The number of halogens is 4. The molecule has 0 bridgehead atoms. The van der Waals surface area contributed by atoms with Crippen molar-refractivity contribution in [3.05, 3.63) is 59.2 Å². The summed E-state index contributed by atoms with van der Waals surface area (Å²) in [7, 11) is -4.58. The Bertz CT molecular complexity index is 1110. The topological polar surface area (TPSA) is 116 Å².